The van der Waals surface area contributed by atoms with Crippen LogP contribution in [-0.4, -0.2) is 97.0 Å². The molecule has 3 fully saturated rings. The van der Waals surface area contributed by atoms with Crippen molar-refractivity contribution in [1.82, 2.24) is 15.1 Å². The fourth-order valence-electron chi connectivity index (χ4n) is 5.37. The molecule has 3 aliphatic rings. The number of piperazine rings is 1. The summed E-state index contributed by atoms with van der Waals surface area (Å²) in [5, 5.41) is 6.64. The highest BCUT2D eigenvalue weighted by Gasteiger charge is 2.53. The van der Waals surface area contributed by atoms with Gasteiger partial charge >= 0.3 is 0 Å². The van der Waals surface area contributed by atoms with E-state index in [4.69, 9.17) is 10.3 Å². The molecule has 3 saturated heterocycles. The zero-order valence-corrected chi connectivity index (χ0v) is 22.3. The van der Waals surface area contributed by atoms with Crippen LogP contribution in [0.25, 0.3) is 10.4 Å². The predicted molar refractivity (Wildman–Crippen MR) is 139 cm³/mol. The number of carbonyl (C=O) groups is 3. The zero-order valence-electron chi connectivity index (χ0n) is 22.3. The Morgan fingerprint density at radius 3 is 2.35 bits per heavy atom. The number of hydrogen-bond donors (Lipinski definition) is 1. The number of rotatable bonds is 6. The van der Waals surface area contributed by atoms with Gasteiger partial charge in [-0.05, 0) is 49.1 Å². The van der Waals surface area contributed by atoms with Gasteiger partial charge in [-0.2, -0.15) is 0 Å². The van der Waals surface area contributed by atoms with Crippen molar-refractivity contribution in [2.75, 3.05) is 44.2 Å². The summed E-state index contributed by atoms with van der Waals surface area (Å²) < 4.78 is 5.53. The van der Waals surface area contributed by atoms with E-state index < -0.39 is 29.6 Å². The smallest absolute Gasteiger partial charge is 0.251 e. The molecule has 0 saturated carbocycles. The van der Waals surface area contributed by atoms with Gasteiger partial charge in [0.05, 0.1) is 12.1 Å². The first-order valence-corrected chi connectivity index (χ1v) is 12.9. The van der Waals surface area contributed by atoms with E-state index in [1.807, 2.05) is 32.9 Å². The van der Waals surface area contributed by atoms with Crippen LogP contribution < -0.4 is 10.2 Å². The molecule has 200 valence electrons. The number of ketones is 1. The zero-order chi connectivity index (χ0) is 26.9. The highest BCUT2D eigenvalue weighted by molar-refractivity contribution is 5.99. The number of nitrogens with zero attached hydrogens (tertiary/aromatic N) is 6. The van der Waals surface area contributed by atoms with Gasteiger partial charge in [0.2, 0.25) is 5.91 Å². The Morgan fingerprint density at radius 2 is 1.78 bits per heavy atom. The normalized spacial score (nSPS) is 25.1. The Balaban J connectivity index is 1.46. The van der Waals surface area contributed by atoms with Gasteiger partial charge in [-0.1, -0.05) is 25.9 Å². The van der Waals surface area contributed by atoms with E-state index in [-0.39, 0.29) is 30.7 Å². The van der Waals surface area contributed by atoms with Crippen LogP contribution in [0.1, 0.15) is 45.0 Å². The molecule has 11 heteroatoms. The van der Waals surface area contributed by atoms with E-state index in [1.54, 1.807) is 12.1 Å². The Morgan fingerprint density at radius 1 is 1.14 bits per heavy atom. The van der Waals surface area contributed by atoms with Crippen LogP contribution in [0.2, 0.25) is 0 Å². The molecular formula is C26H37N7O4. The first-order valence-electron chi connectivity index (χ1n) is 12.9. The maximum atomic E-state index is 13.7. The van der Waals surface area contributed by atoms with Gasteiger partial charge in [0.15, 0.2) is 5.78 Å². The average Bonchev–Trinajstić information content (AvgIpc) is 3.42. The van der Waals surface area contributed by atoms with Crippen molar-refractivity contribution in [2.45, 2.75) is 64.9 Å². The summed E-state index contributed by atoms with van der Waals surface area (Å²) in [7, 11) is 0. The molecule has 1 aromatic rings. The molecule has 0 spiro atoms. The minimum absolute atomic E-state index is 0.0746. The van der Waals surface area contributed by atoms with Crippen molar-refractivity contribution in [3.8, 4) is 0 Å². The molecule has 37 heavy (non-hydrogen) atoms. The van der Waals surface area contributed by atoms with Crippen LogP contribution in [0.3, 0.4) is 0 Å². The fourth-order valence-corrected chi connectivity index (χ4v) is 5.37. The first kappa shape index (κ1) is 26.9. The summed E-state index contributed by atoms with van der Waals surface area (Å²) in [5.41, 5.74) is 9.80. The van der Waals surface area contributed by atoms with E-state index in [9.17, 15) is 14.4 Å². The Bertz CT molecular complexity index is 1070. The van der Waals surface area contributed by atoms with Crippen molar-refractivity contribution in [1.29, 1.82) is 0 Å². The third kappa shape index (κ3) is 5.58. The lowest BCUT2D eigenvalue weighted by molar-refractivity contribution is -0.140. The third-order valence-electron chi connectivity index (χ3n) is 7.57. The van der Waals surface area contributed by atoms with Gasteiger partial charge in [0, 0.05) is 54.9 Å². The number of hydrogen-bond acceptors (Lipinski definition) is 7. The number of azide groups is 1. The third-order valence-corrected chi connectivity index (χ3v) is 7.57. The second-order valence-corrected chi connectivity index (χ2v) is 11.4. The van der Waals surface area contributed by atoms with Gasteiger partial charge in [0.1, 0.15) is 18.7 Å². The molecule has 0 radical (unpaired) electrons. The van der Waals surface area contributed by atoms with E-state index in [2.05, 4.69) is 39.0 Å². The predicted octanol–water partition coefficient (Wildman–Crippen LogP) is 2.22. The van der Waals surface area contributed by atoms with Gasteiger partial charge in [-0.15, -0.1) is 0 Å². The van der Waals surface area contributed by atoms with E-state index in [0.717, 1.165) is 31.9 Å². The molecule has 0 aliphatic carbocycles. The second-order valence-electron chi connectivity index (χ2n) is 11.4. The molecule has 3 heterocycles. The number of carbonyl (C=O) groups excluding carboxylic acids is 3. The van der Waals surface area contributed by atoms with Crippen LogP contribution in [0.4, 0.5) is 5.69 Å². The molecule has 3 aliphatic heterocycles. The van der Waals surface area contributed by atoms with Crippen molar-refractivity contribution < 1.29 is 19.1 Å². The highest BCUT2D eigenvalue weighted by atomic mass is 16.5. The summed E-state index contributed by atoms with van der Waals surface area (Å²) in [6.07, 6.45) is -0.654. The molecular weight excluding hydrogens is 474 g/mol. The number of amides is 2. The molecule has 4 atom stereocenters. The number of Topliss-reactive ketones (excluding diaryl/α,β-unsaturated/α-hetero) is 1. The first-order chi connectivity index (χ1) is 17.5. The highest BCUT2D eigenvalue weighted by Crippen LogP contribution is 2.32. The van der Waals surface area contributed by atoms with E-state index in [1.165, 1.54) is 4.90 Å². The number of fused-ring (bicyclic) bond motifs is 1. The molecule has 11 nitrogen and oxygen atoms in total. The van der Waals surface area contributed by atoms with Gasteiger partial charge < -0.3 is 19.9 Å². The van der Waals surface area contributed by atoms with E-state index in [0.29, 0.717) is 11.6 Å². The number of nitrogens with one attached hydrogen (secondary N) is 1. The van der Waals surface area contributed by atoms with Crippen LogP contribution >= 0.6 is 0 Å². The van der Waals surface area contributed by atoms with Gasteiger partial charge in [-0.3, -0.25) is 19.3 Å². The second kappa shape index (κ2) is 10.7. The maximum Gasteiger partial charge on any atom is 0.251 e. The number of benzene rings is 1. The maximum absolute atomic E-state index is 13.7. The molecule has 1 N–H and O–H groups in total. The lowest BCUT2D eigenvalue weighted by atomic mass is 9.85. The number of anilines is 1. The molecule has 0 unspecified atom stereocenters. The van der Waals surface area contributed by atoms with Crippen molar-refractivity contribution in [3.05, 3.63) is 40.3 Å². The SMILES string of the molecule is CC(C)N1CCN(c2ccc(C(=O)N[C@H](C(=O)N3C[C@H](N=[N+]=[N-])[C@H]4OCC(=O)[C@H]43)C(C)(C)C)cc2)CC1. The Hall–Kier alpha value is -3.14. The fraction of sp³-hybridized carbons (Fsp3) is 0.654. The van der Waals surface area contributed by atoms with Crippen LogP contribution in [0, 0.1) is 5.41 Å². The largest absolute Gasteiger partial charge is 0.369 e. The van der Waals surface area contributed by atoms with Crippen molar-refractivity contribution >= 4 is 23.3 Å². The molecule has 4 rings (SSSR count). The summed E-state index contributed by atoms with van der Waals surface area (Å²) in [6, 6.07) is 5.64. The topological polar surface area (TPSA) is 131 Å². The minimum atomic E-state index is -0.886. The van der Waals surface area contributed by atoms with Crippen LogP contribution in [0.15, 0.2) is 29.4 Å². The molecule has 1 aromatic carbocycles. The number of ether oxygens (including phenoxy) is 1. The van der Waals surface area contributed by atoms with Gasteiger partial charge in [-0.25, -0.2) is 0 Å². The lowest BCUT2D eigenvalue weighted by Gasteiger charge is -2.38. The average molecular weight is 512 g/mol. The van der Waals surface area contributed by atoms with E-state index >= 15 is 0 Å². The molecule has 0 bridgehead atoms. The van der Waals surface area contributed by atoms with Crippen LogP contribution in [0.5, 0.6) is 0 Å². The summed E-state index contributed by atoms with van der Waals surface area (Å²) in [4.78, 5) is 48.4. The van der Waals surface area contributed by atoms with Crippen molar-refractivity contribution in [3.63, 3.8) is 0 Å². The van der Waals surface area contributed by atoms with Crippen LogP contribution in [-0.2, 0) is 14.3 Å². The standard InChI is InChI=1S/C26H37N7O4/c1-16(2)31-10-12-32(13-11-31)18-8-6-17(7-9-18)24(35)28-23(26(3,4)5)25(36)33-14-19(29-30-27)22-21(33)20(34)15-37-22/h6-9,16,19,21-23H,10-15H2,1-5H3,(H,28,35)/t19-,21+,22+,23+/m0/s1. The summed E-state index contributed by atoms with van der Waals surface area (Å²) in [6.45, 7) is 13.8. The summed E-state index contributed by atoms with van der Waals surface area (Å²) >= 11 is 0. The Labute approximate surface area is 217 Å². The number of likely N-dealkylation sites (tertiary alicyclic amines) is 1. The lowest BCUT2D eigenvalue weighted by Crippen LogP contribution is -2.57. The van der Waals surface area contributed by atoms with Gasteiger partial charge in [0.25, 0.3) is 5.91 Å². The molecule has 2 amide bonds. The Kier molecular flexibility index (Phi) is 7.77. The quantitative estimate of drug-likeness (QED) is 0.354. The van der Waals surface area contributed by atoms with Crippen molar-refractivity contribution in [2.24, 2.45) is 10.5 Å². The minimum Gasteiger partial charge on any atom is -0.369 e. The summed E-state index contributed by atoms with van der Waals surface area (Å²) in [5.74, 6) is -0.969. The molecule has 0 aromatic heterocycles. The monoisotopic (exact) mass is 511 g/mol.